The first-order valence-electron chi connectivity index (χ1n) is 19.5. The standard InChI is InChI=1S/C55H37N/c1-5-17-36(18-6-1)40-31-41(37-19-7-2-8-20-37)33-43(32-40)52-46-27-15-13-25-44(46)48-29-30-49-45-26-14-16-28-47(45)53(55(49)54(48)52)51-35-42(38-21-9-3-10-22-38)34-50(56-51)39-23-11-4-12-24-39/h1-35,52-53H. The normalized spacial score (nSPS) is 14.8. The van der Waals surface area contributed by atoms with Crippen LogP contribution in [-0.2, 0) is 0 Å². The van der Waals surface area contributed by atoms with Crippen molar-refractivity contribution in [3.8, 4) is 66.9 Å². The zero-order valence-electron chi connectivity index (χ0n) is 30.8. The molecule has 262 valence electrons. The Morgan fingerprint density at radius 3 is 1.21 bits per heavy atom. The van der Waals surface area contributed by atoms with Crippen molar-refractivity contribution in [3.63, 3.8) is 0 Å². The number of aromatic nitrogens is 1. The molecule has 8 aromatic carbocycles. The molecule has 11 rings (SSSR count). The van der Waals surface area contributed by atoms with Gasteiger partial charge in [0.1, 0.15) is 0 Å². The monoisotopic (exact) mass is 711 g/mol. The van der Waals surface area contributed by atoms with Gasteiger partial charge in [0.25, 0.3) is 0 Å². The van der Waals surface area contributed by atoms with Gasteiger partial charge >= 0.3 is 0 Å². The molecule has 0 bridgehead atoms. The van der Waals surface area contributed by atoms with Crippen molar-refractivity contribution in [2.45, 2.75) is 11.8 Å². The predicted molar refractivity (Wildman–Crippen MR) is 232 cm³/mol. The maximum Gasteiger partial charge on any atom is 0.0711 e. The number of rotatable bonds is 6. The molecule has 2 aliphatic carbocycles. The van der Waals surface area contributed by atoms with Gasteiger partial charge in [-0.2, -0.15) is 0 Å². The third kappa shape index (κ3) is 5.35. The van der Waals surface area contributed by atoms with Crippen LogP contribution in [0.1, 0.15) is 45.3 Å². The fourth-order valence-electron chi connectivity index (χ4n) is 9.35. The second-order valence-corrected chi connectivity index (χ2v) is 15.0. The Hall–Kier alpha value is -7.09. The molecule has 9 aromatic rings. The van der Waals surface area contributed by atoms with E-state index < -0.39 is 0 Å². The van der Waals surface area contributed by atoms with Crippen molar-refractivity contribution in [3.05, 3.63) is 246 Å². The Labute approximate surface area is 328 Å². The van der Waals surface area contributed by atoms with Gasteiger partial charge in [-0.15, -0.1) is 0 Å². The predicted octanol–water partition coefficient (Wildman–Crippen LogP) is 14.1. The zero-order valence-corrected chi connectivity index (χ0v) is 30.8. The van der Waals surface area contributed by atoms with Crippen molar-refractivity contribution in [1.82, 2.24) is 4.98 Å². The Balaban J connectivity index is 1.19. The van der Waals surface area contributed by atoms with E-state index in [0.717, 1.165) is 17.0 Å². The topological polar surface area (TPSA) is 12.9 Å². The second-order valence-electron chi connectivity index (χ2n) is 15.0. The molecule has 0 saturated carbocycles. The van der Waals surface area contributed by atoms with Crippen molar-refractivity contribution in [2.24, 2.45) is 0 Å². The maximum atomic E-state index is 5.59. The third-order valence-corrected chi connectivity index (χ3v) is 11.8. The number of benzene rings is 8. The average Bonchev–Trinajstić information content (AvgIpc) is 3.81. The van der Waals surface area contributed by atoms with Crippen molar-refractivity contribution < 1.29 is 0 Å². The number of pyridine rings is 1. The summed E-state index contributed by atoms with van der Waals surface area (Å²) in [5, 5.41) is 0. The van der Waals surface area contributed by atoms with E-state index in [1.54, 1.807) is 0 Å². The van der Waals surface area contributed by atoms with Crippen molar-refractivity contribution >= 4 is 0 Å². The highest BCUT2D eigenvalue weighted by Gasteiger charge is 2.40. The van der Waals surface area contributed by atoms with Crippen molar-refractivity contribution in [2.75, 3.05) is 0 Å². The van der Waals surface area contributed by atoms with Crippen LogP contribution in [0.5, 0.6) is 0 Å². The summed E-state index contributed by atoms with van der Waals surface area (Å²) in [5.74, 6) is -0.0185. The lowest BCUT2D eigenvalue weighted by molar-refractivity contribution is 0.906. The van der Waals surface area contributed by atoms with Crippen molar-refractivity contribution in [1.29, 1.82) is 0 Å². The smallest absolute Gasteiger partial charge is 0.0711 e. The van der Waals surface area contributed by atoms with E-state index in [2.05, 4.69) is 212 Å². The maximum absolute atomic E-state index is 5.59. The van der Waals surface area contributed by atoms with Crippen LogP contribution in [0, 0.1) is 0 Å². The van der Waals surface area contributed by atoms with Crippen LogP contribution in [0.3, 0.4) is 0 Å². The summed E-state index contributed by atoms with van der Waals surface area (Å²) in [6.07, 6.45) is 0. The van der Waals surface area contributed by atoms with Gasteiger partial charge in [0.15, 0.2) is 0 Å². The molecule has 1 aromatic heterocycles. The van der Waals surface area contributed by atoms with Gasteiger partial charge in [0.05, 0.1) is 17.3 Å². The fourth-order valence-corrected chi connectivity index (χ4v) is 9.35. The summed E-state index contributed by atoms with van der Waals surface area (Å²) in [7, 11) is 0. The Bertz CT molecular complexity index is 2580. The summed E-state index contributed by atoms with van der Waals surface area (Å²) in [4.78, 5) is 5.59. The summed E-state index contributed by atoms with van der Waals surface area (Å²) >= 11 is 0. The molecule has 0 aliphatic heterocycles. The molecule has 56 heavy (non-hydrogen) atoms. The van der Waals surface area contributed by atoms with Crippen LogP contribution < -0.4 is 0 Å². The van der Waals surface area contributed by atoms with E-state index in [0.29, 0.717) is 0 Å². The fraction of sp³-hybridized carbons (Fsp3) is 0.0364. The number of nitrogens with zero attached hydrogens (tertiary/aromatic N) is 1. The van der Waals surface area contributed by atoms with Gasteiger partial charge < -0.3 is 0 Å². The highest BCUT2D eigenvalue weighted by molar-refractivity contribution is 5.92. The zero-order chi connectivity index (χ0) is 37.0. The summed E-state index contributed by atoms with van der Waals surface area (Å²) in [6.45, 7) is 0. The van der Waals surface area contributed by atoms with Gasteiger partial charge in [-0.1, -0.05) is 194 Å². The van der Waals surface area contributed by atoms with Gasteiger partial charge in [-0.05, 0) is 102 Å². The first kappa shape index (κ1) is 32.3. The highest BCUT2D eigenvalue weighted by Crippen LogP contribution is 2.58. The molecule has 0 N–H and O–H groups in total. The molecule has 0 spiro atoms. The molecule has 1 heteroatoms. The molecule has 2 unspecified atom stereocenters. The second kappa shape index (κ2) is 13.3. The molecule has 0 saturated heterocycles. The highest BCUT2D eigenvalue weighted by atomic mass is 14.7. The van der Waals surface area contributed by atoms with E-state index in [9.17, 15) is 0 Å². The molecule has 1 heterocycles. The Morgan fingerprint density at radius 1 is 0.286 bits per heavy atom. The molecular formula is C55H37N. The molecule has 2 aliphatic rings. The van der Waals surface area contributed by atoms with Crippen LogP contribution in [0.15, 0.2) is 212 Å². The van der Waals surface area contributed by atoms with Gasteiger partial charge in [0, 0.05) is 11.5 Å². The Kier molecular flexibility index (Phi) is 7.70. The molecule has 0 radical (unpaired) electrons. The first-order valence-corrected chi connectivity index (χ1v) is 19.5. The van der Waals surface area contributed by atoms with Crippen LogP contribution in [0.2, 0.25) is 0 Å². The number of hydrogen-bond donors (Lipinski definition) is 0. The largest absolute Gasteiger partial charge is 0.252 e. The first-order chi connectivity index (χ1) is 27.8. The van der Waals surface area contributed by atoms with Gasteiger partial charge in [0.2, 0.25) is 0 Å². The third-order valence-electron chi connectivity index (χ3n) is 11.8. The number of fused-ring (bicyclic) bond motifs is 7. The molecule has 2 atom stereocenters. The average molecular weight is 712 g/mol. The summed E-state index contributed by atoms with van der Waals surface area (Å²) < 4.78 is 0. The van der Waals surface area contributed by atoms with E-state index >= 15 is 0 Å². The molecule has 1 nitrogen and oxygen atoms in total. The molecular weight excluding hydrogens is 675 g/mol. The summed E-state index contributed by atoms with van der Waals surface area (Å²) in [5.41, 5.74) is 22.4. The van der Waals surface area contributed by atoms with Crippen LogP contribution in [0.4, 0.5) is 0 Å². The Morgan fingerprint density at radius 2 is 0.696 bits per heavy atom. The van der Waals surface area contributed by atoms with Crippen LogP contribution in [0.25, 0.3) is 66.9 Å². The SMILES string of the molecule is c1ccc(-c2cc(-c3ccccc3)cc(C3c4ccccc4-c4ccc5c(c43)C(c3cc(-c4ccccc4)cc(-c4ccccc4)n3)c3ccccc3-5)c2)cc1. The quantitative estimate of drug-likeness (QED) is 0.167. The minimum atomic E-state index is -0.0509. The minimum Gasteiger partial charge on any atom is -0.252 e. The van der Waals surface area contributed by atoms with E-state index in [1.807, 2.05) is 0 Å². The lowest BCUT2D eigenvalue weighted by Crippen LogP contribution is -2.09. The lowest BCUT2D eigenvalue weighted by atomic mass is 9.80. The lowest BCUT2D eigenvalue weighted by Gasteiger charge is -2.24. The van der Waals surface area contributed by atoms with E-state index in [4.69, 9.17) is 4.98 Å². The van der Waals surface area contributed by atoms with E-state index in [1.165, 1.54) is 83.5 Å². The number of hydrogen-bond acceptors (Lipinski definition) is 1. The van der Waals surface area contributed by atoms with Gasteiger partial charge in [-0.25, -0.2) is 0 Å². The molecule has 0 amide bonds. The minimum absolute atomic E-state index is 0.0324. The van der Waals surface area contributed by atoms with E-state index in [-0.39, 0.29) is 11.8 Å². The summed E-state index contributed by atoms with van der Waals surface area (Å²) in [6, 6.07) is 77.7. The van der Waals surface area contributed by atoms with Crippen LogP contribution >= 0.6 is 0 Å². The molecule has 0 fully saturated rings. The van der Waals surface area contributed by atoms with Crippen LogP contribution in [-0.4, -0.2) is 4.98 Å². The van der Waals surface area contributed by atoms with Gasteiger partial charge in [-0.3, -0.25) is 4.98 Å².